The van der Waals surface area contributed by atoms with Crippen molar-refractivity contribution >= 4 is 41.5 Å². The fourth-order valence-corrected chi connectivity index (χ4v) is 2.72. The number of aliphatic imine (C=N–C) groups is 1. The number of primary amides is 2. The number of hydrogen-bond acceptors (Lipinski definition) is 8. The summed E-state index contributed by atoms with van der Waals surface area (Å²) >= 11 is 0. The molecule has 4 unspecified atom stereocenters. The number of rotatable bonds is 17. The van der Waals surface area contributed by atoms with Gasteiger partial charge in [0, 0.05) is 19.4 Å². The highest BCUT2D eigenvalue weighted by Crippen LogP contribution is 2.05. The summed E-state index contributed by atoms with van der Waals surface area (Å²) in [7, 11) is 0. The number of hydrogen-bond donors (Lipinski definition) is 9. The summed E-state index contributed by atoms with van der Waals surface area (Å²) in [6, 6.07) is -4.93. The standard InChI is InChI=1S/C19H35N9O7/c1-9(20)15(31)26-10(3-2-8-25-19(23)24)16(32)27-11(4-6-13(21)29)17(33)28-12(18(34)35)5-7-14(22)30/h9-12H,2-8,20H2,1H3,(H2,21,29)(H2,22,30)(H,26,31)(H,27,32)(H,28,33)(H,34,35)(H4,23,24,25). The predicted molar refractivity (Wildman–Crippen MR) is 124 cm³/mol. The smallest absolute Gasteiger partial charge is 0.326 e. The number of carbonyl (C=O) groups excluding carboxylic acids is 5. The van der Waals surface area contributed by atoms with Crippen LogP contribution in [0.15, 0.2) is 4.99 Å². The lowest BCUT2D eigenvalue weighted by Gasteiger charge is -2.24. The monoisotopic (exact) mass is 501 g/mol. The van der Waals surface area contributed by atoms with Crippen LogP contribution in [0.5, 0.6) is 0 Å². The Bertz CT molecular complexity index is 812. The van der Waals surface area contributed by atoms with Crippen LogP contribution in [-0.2, 0) is 28.8 Å². The van der Waals surface area contributed by atoms with Crippen molar-refractivity contribution in [2.75, 3.05) is 6.54 Å². The minimum absolute atomic E-state index is 0.0710. The zero-order valence-corrected chi connectivity index (χ0v) is 19.5. The topological polar surface area (TPSA) is 301 Å². The lowest BCUT2D eigenvalue weighted by Crippen LogP contribution is -2.57. The Morgan fingerprint density at radius 2 is 1.17 bits per heavy atom. The molecule has 35 heavy (non-hydrogen) atoms. The number of carboxylic acids is 1. The number of nitrogens with two attached hydrogens (primary N) is 5. The van der Waals surface area contributed by atoms with Gasteiger partial charge in [-0.05, 0) is 32.6 Å². The molecule has 0 saturated heterocycles. The lowest BCUT2D eigenvalue weighted by atomic mass is 10.1. The fraction of sp³-hybridized carbons (Fsp3) is 0.632. The van der Waals surface area contributed by atoms with E-state index in [4.69, 9.17) is 28.7 Å². The zero-order valence-electron chi connectivity index (χ0n) is 19.5. The van der Waals surface area contributed by atoms with Crippen LogP contribution < -0.4 is 44.6 Å². The summed E-state index contributed by atoms with van der Waals surface area (Å²) in [5.74, 6) is -5.48. The summed E-state index contributed by atoms with van der Waals surface area (Å²) in [6.07, 6.45) is -0.805. The van der Waals surface area contributed by atoms with E-state index in [1.807, 2.05) is 0 Å². The van der Waals surface area contributed by atoms with E-state index in [9.17, 15) is 33.9 Å². The predicted octanol–water partition coefficient (Wildman–Crippen LogP) is -4.54. The summed E-state index contributed by atoms with van der Waals surface area (Å²) in [4.78, 5) is 75.1. The minimum Gasteiger partial charge on any atom is -0.480 e. The maximum absolute atomic E-state index is 12.9. The van der Waals surface area contributed by atoms with Crippen molar-refractivity contribution in [1.29, 1.82) is 0 Å². The van der Waals surface area contributed by atoms with Gasteiger partial charge in [0.25, 0.3) is 0 Å². The Hall–Kier alpha value is -3.95. The first-order valence-corrected chi connectivity index (χ1v) is 10.8. The number of nitrogens with one attached hydrogen (secondary N) is 3. The number of amides is 5. The Morgan fingerprint density at radius 1 is 0.743 bits per heavy atom. The third-order valence-corrected chi connectivity index (χ3v) is 4.60. The molecule has 0 aromatic heterocycles. The molecule has 0 rings (SSSR count). The van der Waals surface area contributed by atoms with Crippen molar-refractivity contribution < 1.29 is 33.9 Å². The van der Waals surface area contributed by atoms with Crippen LogP contribution in [0, 0.1) is 0 Å². The molecule has 0 aliphatic carbocycles. The molecule has 0 aromatic carbocycles. The zero-order chi connectivity index (χ0) is 27.1. The maximum atomic E-state index is 12.9. The molecule has 0 bridgehead atoms. The SMILES string of the molecule is CC(N)C(=O)NC(CCCN=C(N)N)C(=O)NC(CCC(N)=O)C(=O)NC(CCC(N)=O)C(=O)O. The van der Waals surface area contributed by atoms with Gasteiger partial charge in [0.15, 0.2) is 5.96 Å². The molecule has 0 radical (unpaired) electrons. The molecule has 0 fully saturated rings. The van der Waals surface area contributed by atoms with E-state index in [0.717, 1.165) is 0 Å². The van der Waals surface area contributed by atoms with Crippen molar-refractivity contribution in [3.05, 3.63) is 0 Å². The summed E-state index contributed by atoms with van der Waals surface area (Å²) in [5.41, 5.74) is 26.2. The van der Waals surface area contributed by atoms with Gasteiger partial charge in [0.05, 0.1) is 6.04 Å². The summed E-state index contributed by atoms with van der Waals surface area (Å²) in [6.45, 7) is 1.57. The Balaban J connectivity index is 5.56. The number of guanidine groups is 1. The van der Waals surface area contributed by atoms with Gasteiger partial charge in [-0.2, -0.15) is 0 Å². The fourth-order valence-electron chi connectivity index (χ4n) is 2.72. The van der Waals surface area contributed by atoms with Gasteiger partial charge in [-0.3, -0.25) is 29.0 Å². The average molecular weight is 502 g/mol. The van der Waals surface area contributed by atoms with Gasteiger partial charge in [0.2, 0.25) is 29.5 Å². The van der Waals surface area contributed by atoms with Crippen LogP contribution in [0.1, 0.15) is 45.4 Å². The van der Waals surface area contributed by atoms with Crippen molar-refractivity contribution in [2.24, 2.45) is 33.7 Å². The van der Waals surface area contributed by atoms with E-state index in [1.165, 1.54) is 6.92 Å². The van der Waals surface area contributed by atoms with Crippen LogP contribution in [-0.4, -0.2) is 77.3 Å². The molecule has 4 atom stereocenters. The average Bonchev–Trinajstić information content (AvgIpc) is 2.74. The van der Waals surface area contributed by atoms with E-state index >= 15 is 0 Å². The van der Waals surface area contributed by atoms with Crippen LogP contribution >= 0.6 is 0 Å². The Kier molecular flexibility index (Phi) is 14.0. The summed E-state index contributed by atoms with van der Waals surface area (Å²) in [5, 5.41) is 16.3. The van der Waals surface area contributed by atoms with Gasteiger partial charge in [0.1, 0.15) is 18.1 Å². The molecule has 0 heterocycles. The molecular formula is C19H35N9O7. The van der Waals surface area contributed by atoms with E-state index in [1.54, 1.807) is 0 Å². The molecule has 0 aliphatic heterocycles. The highest BCUT2D eigenvalue weighted by atomic mass is 16.4. The minimum atomic E-state index is -1.48. The van der Waals surface area contributed by atoms with E-state index in [0.29, 0.717) is 0 Å². The first kappa shape index (κ1) is 31.0. The second-order valence-corrected chi connectivity index (χ2v) is 7.77. The molecule has 0 aromatic rings. The van der Waals surface area contributed by atoms with Crippen molar-refractivity contribution in [3.63, 3.8) is 0 Å². The Morgan fingerprint density at radius 3 is 1.60 bits per heavy atom. The van der Waals surface area contributed by atoms with Crippen LogP contribution in [0.4, 0.5) is 0 Å². The van der Waals surface area contributed by atoms with Crippen LogP contribution in [0.25, 0.3) is 0 Å². The Labute approximate surface area is 201 Å². The first-order chi connectivity index (χ1) is 16.2. The second-order valence-electron chi connectivity index (χ2n) is 7.77. The van der Waals surface area contributed by atoms with Crippen molar-refractivity contribution in [3.8, 4) is 0 Å². The molecular weight excluding hydrogens is 466 g/mol. The quantitative estimate of drug-likeness (QED) is 0.0522. The number of aliphatic carboxylic acids is 1. The molecule has 5 amide bonds. The van der Waals surface area contributed by atoms with Gasteiger partial charge < -0.3 is 49.7 Å². The van der Waals surface area contributed by atoms with Gasteiger partial charge >= 0.3 is 5.97 Å². The van der Waals surface area contributed by atoms with Crippen LogP contribution in [0.2, 0.25) is 0 Å². The third kappa shape index (κ3) is 14.0. The third-order valence-electron chi connectivity index (χ3n) is 4.60. The molecule has 0 saturated carbocycles. The molecule has 16 nitrogen and oxygen atoms in total. The highest BCUT2D eigenvalue weighted by molar-refractivity contribution is 5.94. The van der Waals surface area contributed by atoms with Gasteiger partial charge in [-0.25, -0.2) is 4.79 Å². The van der Waals surface area contributed by atoms with Gasteiger partial charge in [-0.1, -0.05) is 0 Å². The number of carbonyl (C=O) groups is 6. The van der Waals surface area contributed by atoms with Crippen molar-refractivity contribution in [2.45, 2.75) is 69.6 Å². The van der Waals surface area contributed by atoms with E-state index in [-0.39, 0.29) is 51.0 Å². The highest BCUT2D eigenvalue weighted by Gasteiger charge is 2.30. The van der Waals surface area contributed by atoms with E-state index < -0.39 is 59.7 Å². The molecule has 14 N–H and O–H groups in total. The lowest BCUT2D eigenvalue weighted by molar-refractivity contribution is -0.142. The van der Waals surface area contributed by atoms with Crippen LogP contribution in [0.3, 0.4) is 0 Å². The molecule has 198 valence electrons. The molecule has 0 aliphatic rings. The molecule has 16 heteroatoms. The molecule has 0 spiro atoms. The largest absolute Gasteiger partial charge is 0.480 e. The van der Waals surface area contributed by atoms with Gasteiger partial charge in [-0.15, -0.1) is 0 Å². The second kappa shape index (κ2) is 15.8. The van der Waals surface area contributed by atoms with E-state index in [2.05, 4.69) is 20.9 Å². The maximum Gasteiger partial charge on any atom is 0.326 e. The first-order valence-electron chi connectivity index (χ1n) is 10.8. The van der Waals surface area contributed by atoms with Crippen molar-refractivity contribution in [1.82, 2.24) is 16.0 Å². The number of nitrogens with zero attached hydrogens (tertiary/aromatic N) is 1. The normalized spacial score (nSPS) is 13.9. The summed E-state index contributed by atoms with van der Waals surface area (Å²) < 4.78 is 0. The number of carboxylic acid groups (broad SMARTS) is 1.